The van der Waals surface area contributed by atoms with Crippen molar-refractivity contribution < 1.29 is 38.5 Å². The number of ether oxygens (including phenoxy) is 3. The van der Waals surface area contributed by atoms with Crippen molar-refractivity contribution in [2.75, 3.05) is 6.07 Å². The van der Waals surface area contributed by atoms with Crippen LogP contribution in [0.3, 0.4) is 0 Å². The summed E-state index contributed by atoms with van der Waals surface area (Å²) in [6.07, 6.45) is 6.22. The summed E-state index contributed by atoms with van der Waals surface area (Å²) >= 11 is 5.42. The van der Waals surface area contributed by atoms with Crippen LogP contribution in [0.15, 0.2) is 0 Å². The van der Waals surface area contributed by atoms with Gasteiger partial charge >= 0.3 is 23.9 Å². The summed E-state index contributed by atoms with van der Waals surface area (Å²) in [5.74, 6) is -2.00. The fourth-order valence-electron chi connectivity index (χ4n) is 4.53. The molecule has 2 fully saturated rings. The van der Waals surface area contributed by atoms with E-state index in [0.29, 0.717) is 25.7 Å². The van der Waals surface area contributed by atoms with Gasteiger partial charge in [-0.25, -0.2) is 0 Å². The minimum atomic E-state index is -0.873. The van der Waals surface area contributed by atoms with Crippen LogP contribution in [0.2, 0.25) is 0 Å². The summed E-state index contributed by atoms with van der Waals surface area (Å²) < 4.78 is 15.3. The van der Waals surface area contributed by atoms with Crippen LogP contribution in [0.25, 0.3) is 0 Å². The Labute approximate surface area is 208 Å². The van der Waals surface area contributed by atoms with Gasteiger partial charge in [-0.05, 0) is 67.2 Å². The molecule has 2 saturated carbocycles. The highest BCUT2D eigenvalue weighted by atomic mass is 35.5. The number of aliphatic carboxylic acids is 1. The standard InChI is InChI=1S/C13H21ClO4.C12H20O4/c1-12(2,3)18-10(15)8-13(6-4-5-7-13)11(16)17-9-14;1-11(2,3)16-9(13)8-12(10(14)15)6-4-5-7-12/h4-9H2,1-3H3;4-8H2,1-3H3,(H,14,15). The highest BCUT2D eigenvalue weighted by Gasteiger charge is 2.45. The Morgan fingerprint density at radius 1 is 0.735 bits per heavy atom. The largest absolute Gasteiger partial charge is 0.481 e. The summed E-state index contributed by atoms with van der Waals surface area (Å²) in [6.45, 7) is 10.8. The molecule has 0 aliphatic heterocycles. The van der Waals surface area contributed by atoms with Crippen molar-refractivity contribution in [2.24, 2.45) is 10.8 Å². The Morgan fingerprint density at radius 3 is 1.41 bits per heavy atom. The highest BCUT2D eigenvalue weighted by Crippen LogP contribution is 2.43. The van der Waals surface area contributed by atoms with Crippen LogP contribution in [-0.4, -0.2) is 46.3 Å². The minimum absolute atomic E-state index is 0.000394. The lowest BCUT2D eigenvalue weighted by Crippen LogP contribution is -2.35. The van der Waals surface area contributed by atoms with Crippen LogP contribution in [0.5, 0.6) is 0 Å². The molecule has 0 aromatic heterocycles. The molecule has 0 atom stereocenters. The summed E-state index contributed by atoms with van der Waals surface area (Å²) in [6, 6.07) is -0.172. The summed E-state index contributed by atoms with van der Waals surface area (Å²) in [5, 5.41) is 9.20. The molecule has 0 aromatic carbocycles. The third-order valence-corrected chi connectivity index (χ3v) is 6.11. The maximum absolute atomic E-state index is 12.0. The van der Waals surface area contributed by atoms with Crippen LogP contribution in [0.4, 0.5) is 0 Å². The Morgan fingerprint density at radius 2 is 1.09 bits per heavy atom. The smallest absolute Gasteiger partial charge is 0.313 e. The van der Waals surface area contributed by atoms with E-state index >= 15 is 0 Å². The SMILES string of the molecule is CC(C)(C)OC(=O)CC1(C(=O)O)CCCC1.CC(C)(C)OC(=O)CC1(C(=O)OCCl)CCCC1. The van der Waals surface area contributed by atoms with Crippen molar-refractivity contribution in [3.63, 3.8) is 0 Å². The molecule has 0 unspecified atom stereocenters. The topological polar surface area (TPSA) is 116 Å². The van der Waals surface area contributed by atoms with E-state index in [2.05, 4.69) is 0 Å². The fraction of sp³-hybridized carbons (Fsp3) is 0.840. The number of hydrogen-bond acceptors (Lipinski definition) is 7. The number of carbonyl (C=O) groups is 4. The maximum Gasteiger partial charge on any atom is 0.313 e. The number of rotatable bonds is 7. The van der Waals surface area contributed by atoms with Gasteiger partial charge in [0.1, 0.15) is 11.2 Å². The van der Waals surface area contributed by atoms with E-state index in [1.165, 1.54) is 0 Å². The first-order valence-corrected chi connectivity index (χ1v) is 12.5. The molecule has 0 saturated heterocycles. The molecule has 2 aliphatic carbocycles. The van der Waals surface area contributed by atoms with Gasteiger partial charge in [0, 0.05) is 0 Å². The van der Waals surface area contributed by atoms with Crippen LogP contribution in [0, 0.1) is 10.8 Å². The number of hydrogen-bond donors (Lipinski definition) is 1. The zero-order valence-corrected chi connectivity index (χ0v) is 22.2. The van der Waals surface area contributed by atoms with Gasteiger partial charge in [-0.2, -0.15) is 0 Å². The monoisotopic (exact) mass is 504 g/mol. The molecule has 0 radical (unpaired) electrons. The van der Waals surface area contributed by atoms with E-state index in [4.69, 9.17) is 25.8 Å². The fourth-order valence-corrected chi connectivity index (χ4v) is 4.63. The number of alkyl halides is 1. The summed E-state index contributed by atoms with van der Waals surface area (Å²) in [7, 11) is 0. The molecule has 1 N–H and O–H groups in total. The number of carboxylic acid groups (broad SMARTS) is 1. The lowest BCUT2D eigenvalue weighted by atomic mass is 9.83. The molecule has 0 heterocycles. The molecule has 0 bridgehead atoms. The number of esters is 3. The van der Waals surface area contributed by atoms with Crippen LogP contribution in [0.1, 0.15) is 106 Å². The predicted molar refractivity (Wildman–Crippen MR) is 127 cm³/mol. The zero-order chi connectivity index (χ0) is 26.2. The van der Waals surface area contributed by atoms with Crippen molar-refractivity contribution in [3.8, 4) is 0 Å². The van der Waals surface area contributed by atoms with Crippen molar-refractivity contribution in [2.45, 2.75) is 117 Å². The molecule has 9 heteroatoms. The van der Waals surface area contributed by atoms with Gasteiger partial charge in [0.25, 0.3) is 0 Å². The normalized spacial score (nSPS) is 18.9. The third kappa shape index (κ3) is 9.80. The molecule has 34 heavy (non-hydrogen) atoms. The van der Waals surface area contributed by atoms with Gasteiger partial charge < -0.3 is 19.3 Å². The molecule has 2 aliphatic rings. The first-order valence-electron chi connectivity index (χ1n) is 11.9. The second-order valence-electron chi connectivity index (χ2n) is 11.3. The van der Waals surface area contributed by atoms with Gasteiger partial charge in [-0.1, -0.05) is 37.3 Å². The van der Waals surface area contributed by atoms with Gasteiger partial charge in [0.05, 0.1) is 23.7 Å². The van der Waals surface area contributed by atoms with E-state index in [1.807, 2.05) is 20.8 Å². The minimum Gasteiger partial charge on any atom is -0.481 e. The first-order chi connectivity index (χ1) is 15.5. The quantitative estimate of drug-likeness (QED) is 0.279. The van der Waals surface area contributed by atoms with Gasteiger partial charge in [0.15, 0.2) is 6.07 Å². The lowest BCUT2D eigenvalue weighted by Gasteiger charge is -2.27. The summed E-state index contributed by atoms with van der Waals surface area (Å²) in [5.41, 5.74) is -2.68. The maximum atomic E-state index is 12.0. The zero-order valence-electron chi connectivity index (χ0n) is 21.5. The van der Waals surface area contributed by atoms with Crippen LogP contribution < -0.4 is 0 Å². The van der Waals surface area contributed by atoms with Crippen molar-refractivity contribution in [1.29, 1.82) is 0 Å². The molecule has 0 amide bonds. The van der Waals surface area contributed by atoms with E-state index in [9.17, 15) is 24.3 Å². The molecule has 196 valence electrons. The molecule has 8 nitrogen and oxygen atoms in total. The Bertz CT molecular complexity index is 720. The van der Waals surface area contributed by atoms with Gasteiger partial charge in [0.2, 0.25) is 0 Å². The second kappa shape index (κ2) is 12.2. The Hall–Kier alpha value is -1.83. The number of carbonyl (C=O) groups excluding carboxylic acids is 3. The van der Waals surface area contributed by atoms with Gasteiger partial charge in [-0.3, -0.25) is 19.2 Å². The second-order valence-corrected chi connectivity index (χ2v) is 11.6. The van der Waals surface area contributed by atoms with E-state index in [0.717, 1.165) is 25.7 Å². The highest BCUT2D eigenvalue weighted by molar-refractivity contribution is 6.17. The lowest BCUT2D eigenvalue weighted by molar-refractivity contribution is -0.166. The Balaban J connectivity index is 0.000000342. The van der Waals surface area contributed by atoms with E-state index in [-0.39, 0.29) is 30.8 Å². The van der Waals surface area contributed by atoms with Crippen molar-refractivity contribution in [3.05, 3.63) is 0 Å². The average Bonchev–Trinajstić information content (AvgIpc) is 3.30. The third-order valence-electron chi connectivity index (χ3n) is 6.00. The number of halogens is 1. The summed E-state index contributed by atoms with van der Waals surface area (Å²) in [4.78, 5) is 46.7. The average molecular weight is 505 g/mol. The van der Waals surface area contributed by atoms with Crippen molar-refractivity contribution >= 4 is 35.5 Å². The molecular weight excluding hydrogens is 464 g/mol. The Kier molecular flexibility index (Phi) is 10.9. The van der Waals surface area contributed by atoms with Gasteiger partial charge in [-0.15, -0.1) is 0 Å². The predicted octanol–water partition coefficient (Wildman–Crippen LogP) is 5.38. The first kappa shape index (κ1) is 30.2. The molecule has 2 rings (SSSR count). The molecule has 0 spiro atoms. The van der Waals surface area contributed by atoms with E-state index < -0.39 is 34.0 Å². The molecule has 0 aromatic rings. The van der Waals surface area contributed by atoms with Crippen molar-refractivity contribution in [1.82, 2.24) is 0 Å². The van der Waals surface area contributed by atoms with Crippen LogP contribution in [-0.2, 0) is 33.4 Å². The number of carboxylic acids is 1. The van der Waals surface area contributed by atoms with Crippen LogP contribution >= 0.6 is 11.6 Å². The molecular formula is C25H41ClO8. The van der Waals surface area contributed by atoms with E-state index in [1.54, 1.807) is 20.8 Å².